The Morgan fingerprint density at radius 3 is 2.43 bits per heavy atom. The lowest BCUT2D eigenvalue weighted by Crippen LogP contribution is -2.68. The molecule has 0 aromatic heterocycles. The van der Waals surface area contributed by atoms with E-state index in [4.69, 9.17) is 4.74 Å². The summed E-state index contributed by atoms with van der Waals surface area (Å²) in [5.41, 5.74) is 2.39. The molecule has 5 rings (SSSR count). The second-order valence-electron chi connectivity index (χ2n) is 12.3. The number of benzene rings is 1. The molecule has 30 heavy (non-hydrogen) atoms. The molecule has 3 fully saturated rings. The van der Waals surface area contributed by atoms with Gasteiger partial charge in [-0.15, -0.1) is 0 Å². The minimum absolute atomic E-state index is 0.0214. The lowest BCUT2D eigenvalue weighted by Gasteiger charge is -2.69. The molecular formula is C27H40O3. The SMILES string of the molecule is Cc1cc(O)cc2c1O[C@@]1(C2)[C@@H](C)CC[C@@H]2[C@@]3(C)CC[C@H](O)C(C)(C)[C@@H]3CC[C@]21C. The number of hydrogen-bond acceptors (Lipinski definition) is 3. The van der Waals surface area contributed by atoms with Gasteiger partial charge in [0.15, 0.2) is 0 Å². The highest BCUT2D eigenvalue weighted by Gasteiger charge is 2.69. The molecule has 2 N–H and O–H groups in total. The Hall–Kier alpha value is -1.22. The normalized spacial score (nSPS) is 46.6. The van der Waals surface area contributed by atoms with Gasteiger partial charge in [0.2, 0.25) is 0 Å². The molecule has 0 unspecified atom stereocenters. The maximum absolute atomic E-state index is 10.8. The van der Waals surface area contributed by atoms with E-state index in [0.29, 0.717) is 23.5 Å². The van der Waals surface area contributed by atoms with Gasteiger partial charge in [-0.2, -0.15) is 0 Å². The third kappa shape index (κ3) is 2.36. The highest BCUT2D eigenvalue weighted by molar-refractivity contribution is 5.51. The number of aliphatic hydroxyl groups excluding tert-OH is 1. The van der Waals surface area contributed by atoms with Gasteiger partial charge in [-0.3, -0.25) is 0 Å². The van der Waals surface area contributed by atoms with Crippen LogP contribution in [0.2, 0.25) is 0 Å². The third-order valence-corrected chi connectivity index (χ3v) is 10.8. The highest BCUT2D eigenvalue weighted by Crippen LogP contribution is 2.71. The number of phenols is 1. The van der Waals surface area contributed by atoms with E-state index < -0.39 is 0 Å². The van der Waals surface area contributed by atoms with Crippen molar-refractivity contribution >= 4 is 0 Å². The number of ether oxygens (including phenoxy) is 1. The predicted molar refractivity (Wildman–Crippen MR) is 120 cm³/mol. The van der Waals surface area contributed by atoms with Crippen LogP contribution < -0.4 is 4.74 Å². The average molecular weight is 413 g/mol. The molecule has 0 radical (unpaired) electrons. The first kappa shape index (κ1) is 20.7. The fourth-order valence-corrected chi connectivity index (χ4v) is 9.11. The van der Waals surface area contributed by atoms with Crippen LogP contribution in [0.3, 0.4) is 0 Å². The summed E-state index contributed by atoms with van der Waals surface area (Å²) in [4.78, 5) is 0. The number of aliphatic hydroxyl groups is 1. The summed E-state index contributed by atoms with van der Waals surface area (Å²) in [6, 6.07) is 3.78. The minimum Gasteiger partial charge on any atom is -0.508 e. The number of phenolic OH excluding ortho intramolecular Hbond substituents is 1. The summed E-state index contributed by atoms with van der Waals surface area (Å²) in [5.74, 6) is 3.04. The van der Waals surface area contributed by atoms with Crippen LogP contribution in [-0.2, 0) is 6.42 Å². The summed E-state index contributed by atoms with van der Waals surface area (Å²) in [6.45, 7) is 14.1. The maximum Gasteiger partial charge on any atom is 0.126 e. The Balaban J connectivity index is 1.59. The van der Waals surface area contributed by atoms with Crippen molar-refractivity contribution in [2.75, 3.05) is 0 Å². The summed E-state index contributed by atoms with van der Waals surface area (Å²) >= 11 is 0. The molecule has 7 atom stereocenters. The number of rotatable bonds is 0. The van der Waals surface area contributed by atoms with Crippen LogP contribution in [0.5, 0.6) is 11.5 Å². The Labute approximate surface area is 182 Å². The zero-order valence-electron chi connectivity index (χ0n) is 19.7. The second-order valence-corrected chi connectivity index (χ2v) is 12.3. The van der Waals surface area contributed by atoms with Crippen molar-refractivity contribution < 1.29 is 14.9 Å². The van der Waals surface area contributed by atoms with Crippen molar-refractivity contribution in [2.24, 2.45) is 34.0 Å². The Morgan fingerprint density at radius 1 is 0.967 bits per heavy atom. The fourth-order valence-electron chi connectivity index (χ4n) is 9.11. The number of aryl methyl sites for hydroxylation is 1. The van der Waals surface area contributed by atoms with E-state index in [1.165, 1.54) is 24.8 Å². The Morgan fingerprint density at radius 2 is 1.70 bits per heavy atom. The molecule has 0 amide bonds. The van der Waals surface area contributed by atoms with E-state index >= 15 is 0 Å². The molecule has 1 spiro atoms. The van der Waals surface area contributed by atoms with Crippen molar-refractivity contribution in [2.45, 2.75) is 98.2 Å². The van der Waals surface area contributed by atoms with Crippen LogP contribution in [0.1, 0.15) is 84.3 Å². The molecule has 1 aliphatic heterocycles. The maximum atomic E-state index is 10.8. The average Bonchev–Trinajstić information content (AvgIpc) is 3.05. The molecule has 0 bridgehead atoms. The minimum atomic E-state index is -0.189. The standard InChI is InChI=1S/C27H40O3/c1-16-13-19(28)14-18-15-27(30-23(16)18)17(2)7-8-21-25(5)11-10-22(29)24(3,4)20(25)9-12-26(21,27)6/h13-14,17,20-22,28-29H,7-12,15H2,1-6H3/t17-,20-,21+,22-,25-,26+,27-/m0/s1. The highest BCUT2D eigenvalue weighted by atomic mass is 16.5. The third-order valence-electron chi connectivity index (χ3n) is 10.8. The second kappa shape index (κ2) is 6.18. The van der Waals surface area contributed by atoms with Crippen molar-refractivity contribution in [1.82, 2.24) is 0 Å². The number of fused-ring (bicyclic) bond motifs is 5. The van der Waals surface area contributed by atoms with Crippen molar-refractivity contribution in [3.05, 3.63) is 23.3 Å². The topological polar surface area (TPSA) is 49.7 Å². The first-order valence-electron chi connectivity index (χ1n) is 12.2. The first-order chi connectivity index (χ1) is 14.0. The van der Waals surface area contributed by atoms with E-state index in [-0.39, 0.29) is 27.9 Å². The van der Waals surface area contributed by atoms with Gasteiger partial charge in [0.05, 0.1) is 6.10 Å². The van der Waals surface area contributed by atoms with Crippen LogP contribution in [0.15, 0.2) is 12.1 Å². The lowest BCUT2D eigenvalue weighted by atomic mass is 9.37. The van der Waals surface area contributed by atoms with Crippen LogP contribution in [0.4, 0.5) is 0 Å². The molecule has 3 nitrogen and oxygen atoms in total. The molecule has 166 valence electrons. The van der Waals surface area contributed by atoms with E-state index in [9.17, 15) is 10.2 Å². The van der Waals surface area contributed by atoms with Crippen molar-refractivity contribution in [3.63, 3.8) is 0 Å². The van der Waals surface area contributed by atoms with Crippen molar-refractivity contribution in [3.8, 4) is 11.5 Å². The quantitative estimate of drug-likeness (QED) is 0.547. The van der Waals surface area contributed by atoms with Gasteiger partial charge < -0.3 is 14.9 Å². The van der Waals surface area contributed by atoms with Gasteiger partial charge in [0, 0.05) is 17.4 Å². The molecule has 1 aromatic carbocycles. The molecule has 1 heterocycles. The van der Waals surface area contributed by atoms with Gasteiger partial charge in [-0.25, -0.2) is 0 Å². The van der Waals surface area contributed by atoms with Crippen LogP contribution in [0, 0.1) is 40.9 Å². The van der Waals surface area contributed by atoms with Crippen LogP contribution >= 0.6 is 0 Å². The molecule has 3 aliphatic carbocycles. The lowest BCUT2D eigenvalue weighted by molar-refractivity contribution is -0.238. The summed E-state index contributed by atoms with van der Waals surface area (Å²) in [7, 11) is 0. The molecule has 0 saturated heterocycles. The molecular weight excluding hydrogens is 372 g/mol. The van der Waals surface area contributed by atoms with E-state index in [0.717, 1.165) is 37.0 Å². The zero-order valence-corrected chi connectivity index (χ0v) is 19.7. The summed E-state index contributed by atoms with van der Waals surface area (Å²) in [5, 5.41) is 21.0. The molecule has 4 aliphatic rings. The molecule has 3 heteroatoms. The summed E-state index contributed by atoms with van der Waals surface area (Å²) < 4.78 is 7.04. The monoisotopic (exact) mass is 412 g/mol. The number of hydrogen-bond donors (Lipinski definition) is 2. The van der Waals surface area contributed by atoms with E-state index in [1.54, 1.807) is 0 Å². The van der Waals surface area contributed by atoms with Gasteiger partial charge in [0.1, 0.15) is 17.1 Å². The van der Waals surface area contributed by atoms with Crippen molar-refractivity contribution in [1.29, 1.82) is 0 Å². The van der Waals surface area contributed by atoms with Crippen LogP contribution in [-0.4, -0.2) is 21.9 Å². The predicted octanol–water partition coefficient (Wildman–Crippen LogP) is 6.02. The first-order valence-corrected chi connectivity index (χ1v) is 12.2. The van der Waals surface area contributed by atoms with Gasteiger partial charge >= 0.3 is 0 Å². The Bertz CT molecular complexity index is 875. The van der Waals surface area contributed by atoms with Gasteiger partial charge in [-0.1, -0.05) is 34.6 Å². The Kier molecular flexibility index (Phi) is 4.26. The smallest absolute Gasteiger partial charge is 0.126 e. The van der Waals surface area contributed by atoms with Crippen LogP contribution in [0.25, 0.3) is 0 Å². The van der Waals surface area contributed by atoms with Gasteiger partial charge in [0.25, 0.3) is 0 Å². The molecule has 1 aromatic rings. The largest absolute Gasteiger partial charge is 0.508 e. The number of aromatic hydroxyl groups is 1. The fraction of sp³-hybridized carbons (Fsp3) is 0.778. The summed E-state index contributed by atoms with van der Waals surface area (Å²) in [6.07, 6.45) is 7.58. The van der Waals surface area contributed by atoms with E-state index in [2.05, 4.69) is 41.5 Å². The zero-order chi connectivity index (χ0) is 21.7. The molecule has 3 saturated carbocycles. The van der Waals surface area contributed by atoms with Gasteiger partial charge in [-0.05, 0) is 91.7 Å². The van der Waals surface area contributed by atoms with E-state index in [1.807, 2.05) is 12.1 Å².